The van der Waals surface area contributed by atoms with Crippen molar-refractivity contribution in [3.05, 3.63) is 42.8 Å². The molecule has 2 aromatic rings. The summed E-state index contributed by atoms with van der Waals surface area (Å²) in [6.07, 6.45) is 0.565. The molecule has 0 saturated carbocycles. The van der Waals surface area contributed by atoms with Crippen LogP contribution < -0.4 is 4.74 Å². The van der Waals surface area contributed by atoms with Gasteiger partial charge in [0.2, 0.25) is 0 Å². The Kier molecular flexibility index (Phi) is 4.13. The van der Waals surface area contributed by atoms with Gasteiger partial charge in [-0.15, -0.1) is 0 Å². The molecule has 0 spiro atoms. The van der Waals surface area contributed by atoms with Gasteiger partial charge in [-0.3, -0.25) is 14.9 Å². The molecule has 6 nitrogen and oxygen atoms in total. The Morgan fingerprint density at radius 3 is 2.84 bits per heavy atom. The fraction of sp³-hybridized carbons (Fsp3) is 0. The quantitative estimate of drug-likeness (QED) is 0.464. The Morgan fingerprint density at radius 1 is 1.53 bits per heavy atom. The zero-order chi connectivity index (χ0) is 14.0. The first-order chi connectivity index (χ1) is 9.02. The van der Waals surface area contributed by atoms with Gasteiger partial charge in [-0.2, -0.15) is 4.98 Å². The number of aldehydes is 1. The van der Waals surface area contributed by atoms with E-state index in [1.807, 2.05) is 0 Å². The molecule has 9 heteroatoms. The number of nitro groups is 1. The molecule has 98 valence electrons. The van der Waals surface area contributed by atoms with E-state index < -0.39 is 4.92 Å². The van der Waals surface area contributed by atoms with E-state index in [4.69, 9.17) is 16.3 Å². The molecule has 0 fully saturated rings. The van der Waals surface area contributed by atoms with Crippen LogP contribution in [0.1, 0.15) is 9.67 Å². The maximum absolute atomic E-state index is 10.8. The molecule has 0 aliphatic carbocycles. The number of aromatic nitrogens is 1. The number of nitro benzene ring substituents is 1. The minimum Gasteiger partial charge on any atom is -0.429 e. The lowest BCUT2D eigenvalue weighted by atomic mass is 10.3. The van der Waals surface area contributed by atoms with Gasteiger partial charge in [-0.1, -0.05) is 29.0 Å². The maximum Gasteiger partial charge on any atom is 0.287 e. The van der Waals surface area contributed by atoms with E-state index in [9.17, 15) is 14.9 Å². The highest BCUT2D eigenvalue weighted by Crippen LogP contribution is 2.38. The lowest BCUT2D eigenvalue weighted by Crippen LogP contribution is -1.91. The molecule has 19 heavy (non-hydrogen) atoms. The number of ether oxygens (including phenoxy) is 1. The Bertz CT molecular complexity index is 661. The highest BCUT2D eigenvalue weighted by molar-refractivity contribution is 9.10. The number of benzene rings is 1. The zero-order valence-electron chi connectivity index (χ0n) is 9.00. The molecule has 0 atom stereocenters. The number of rotatable bonds is 4. The molecule has 0 bridgehead atoms. The molecular weight excluding hydrogens is 360 g/mol. The third kappa shape index (κ3) is 2.91. The normalized spacial score (nSPS) is 10.2. The first-order valence-corrected chi connectivity index (χ1v) is 6.74. The average Bonchev–Trinajstić information content (AvgIpc) is 2.71. The number of nitrogens with zero attached hydrogens (tertiary/aromatic N) is 2. The summed E-state index contributed by atoms with van der Waals surface area (Å²) >= 11 is 9.74. The predicted molar refractivity (Wildman–Crippen MR) is 73.4 cm³/mol. The molecular formula is C10H4BrClN2O4S. The zero-order valence-corrected chi connectivity index (χ0v) is 12.2. The second-order valence-corrected chi connectivity index (χ2v) is 5.35. The lowest BCUT2D eigenvalue weighted by Gasteiger charge is -2.04. The second kappa shape index (κ2) is 5.64. The van der Waals surface area contributed by atoms with Crippen LogP contribution in [0, 0.1) is 10.1 Å². The van der Waals surface area contributed by atoms with Gasteiger partial charge in [0.05, 0.1) is 4.92 Å². The van der Waals surface area contributed by atoms with E-state index in [1.165, 1.54) is 18.2 Å². The van der Waals surface area contributed by atoms with E-state index in [0.29, 0.717) is 6.29 Å². The van der Waals surface area contributed by atoms with Crippen LogP contribution in [0.5, 0.6) is 10.9 Å². The van der Waals surface area contributed by atoms with Crippen molar-refractivity contribution in [2.45, 2.75) is 0 Å². The molecule has 1 aromatic heterocycles. The van der Waals surface area contributed by atoms with Gasteiger partial charge in [0.1, 0.15) is 9.35 Å². The molecule has 0 aliphatic heterocycles. The van der Waals surface area contributed by atoms with Crippen LogP contribution in [0.2, 0.25) is 5.15 Å². The number of hydrogen-bond donors (Lipinski definition) is 0. The van der Waals surface area contributed by atoms with Crippen molar-refractivity contribution in [2.24, 2.45) is 0 Å². The minimum atomic E-state index is -0.539. The molecule has 0 unspecified atom stereocenters. The summed E-state index contributed by atoms with van der Waals surface area (Å²) in [5.74, 6) is 0.220. The van der Waals surface area contributed by atoms with Gasteiger partial charge in [-0.05, 0) is 22.0 Å². The van der Waals surface area contributed by atoms with Crippen LogP contribution in [0.4, 0.5) is 5.69 Å². The van der Waals surface area contributed by atoms with Crippen LogP contribution >= 0.6 is 38.9 Å². The maximum atomic E-state index is 10.8. The lowest BCUT2D eigenvalue weighted by molar-refractivity contribution is -0.385. The van der Waals surface area contributed by atoms with Crippen LogP contribution in [0.3, 0.4) is 0 Å². The number of halogens is 2. The Balaban J connectivity index is 2.35. The van der Waals surface area contributed by atoms with Gasteiger partial charge < -0.3 is 4.74 Å². The summed E-state index contributed by atoms with van der Waals surface area (Å²) in [5, 5.41) is 10.9. The van der Waals surface area contributed by atoms with E-state index in [-0.39, 0.29) is 31.1 Å². The van der Waals surface area contributed by atoms with Crippen molar-refractivity contribution >= 4 is 50.8 Å². The summed E-state index contributed by atoms with van der Waals surface area (Å²) in [6, 6.07) is 4.35. The standard InChI is InChI=1S/C10H4BrClN2O4S/c11-8-5(14(16)17)2-1-3-6(8)18-10-13-9(12)7(4-15)19-10/h1-4H. The largest absolute Gasteiger partial charge is 0.429 e. The Labute approximate surface area is 124 Å². The molecule has 2 rings (SSSR count). The average molecular weight is 364 g/mol. The summed E-state index contributed by atoms with van der Waals surface area (Å²) in [7, 11) is 0. The van der Waals surface area contributed by atoms with Crippen molar-refractivity contribution in [1.82, 2.24) is 4.98 Å². The summed E-state index contributed by atoms with van der Waals surface area (Å²) in [5.41, 5.74) is -0.129. The van der Waals surface area contributed by atoms with Crippen molar-refractivity contribution < 1.29 is 14.5 Å². The second-order valence-electron chi connectivity index (χ2n) is 3.20. The Hall–Kier alpha value is -1.51. The highest BCUT2D eigenvalue weighted by Gasteiger charge is 2.18. The van der Waals surface area contributed by atoms with Gasteiger partial charge >= 0.3 is 0 Å². The van der Waals surface area contributed by atoms with Crippen molar-refractivity contribution in [3.63, 3.8) is 0 Å². The molecule has 1 heterocycles. The summed E-state index contributed by atoms with van der Waals surface area (Å²) in [4.78, 5) is 24.9. The monoisotopic (exact) mass is 362 g/mol. The number of carbonyl (C=O) groups excluding carboxylic acids is 1. The highest BCUT2D eigenvalue weighted by atomic mass is 79.9. The molecule has 0 aliphatic rings. The van der Waals surface area contributed by atoms with Crippen molar-refractivity contribution in [2.75, 3.05) is 0 Å². The van der Waals surface area contributed by atoms with Crippen LogP contribution in [0.25, 0.3) is 0 Å². The minimum absolute atomic E-state index is 0.0385. The van der Waals surface area contributed by atoms with Gasteiger partial charge in [0, 0.05) is 6.07 Å². The van der Waals surface area contributed by atoms with Gasteiger partial charge in [-0.25, -0.2) is 0 Å². The molecule has 0 saturated heterocycles. The molecule has 0 N–H and O–H groups in total. The van der Waals surface area contributed by atoms with Gasteiger partial charge in [0.15, 0.2) is 17.2 Å². The topological polar surface area (TPSA) is 82.3 Å². The molecule has 1 aromatic carbocycles. The summed E-state index contributed by atoms with van der Waals surface area (Å²) in [6.45, 7) is 0. The third-order valence-corrected chi connectivity index (χ3v) is 4.09. The van der Waals surface area contributed by atoms with E-state index in [1.54, 1.807) is 0 Å². The first-order valence-electron chi connectivity index (χ1n) is 4.75. The first kappa shape index (κ1) is 13.9. The van der Waals surface area contributed by atoms with Gasteiger partial charge in [0.25, 0.3) is 10.9 Å². The molecule has 0 amide bonds. The van der Waals surface area contributed by atoms with Crippen molar-refractivity contribution in [1.29, 1.82) is 0 Å². The predicted octanol–water partition coefficient (Wildman–Crippen LogP) is 4.07. The smallest absolute Gasteiger partial charge is 0.287 e. The van der Waals surface area contributed by atoms with Crippen LogP contribution in [0.15, 0.2) is 22.7 Å². The number of carbonyl (C=O) groups is 1. The van der Waals surface area contributed by atoms with Crippen molar-refractivity contribution in [3.8, 4) is 10.9 Å². The van der Waals surface area contributed by atoms with E-state index in [0.717, 1.165) is 11.3 Å². The van der Waals surface area contributed by atoms with E-state index >= 15 is 0 Å². The number of thiazole rings is 1. The Morgan fingerprint density at radius 2 is 2.26 bits per heavy atom. The SMILES string of the molecule is O=Cc1sc(Oc2cccc([N+](=O)[O-])c2Br)nc1Cl. The van der Waals surface area contributed by atoms with Crippen LogP contribution in [-0.4, -0.2) is 16.2 Å². The fourth-order valence-electron chi connectivity index (χ4n) is 1.22. The number of hydrogen-bond acceptors (Lipinski definition) is 6. The van der Waals surface area contributed by atoms with E-state index in [2.05, 4.69) is 20.9 Å². The summed E-state index contributed by atoms with van der Waals surface area (Å²) < 4.78 is 5.57. The fourth-order valence-corrected chi connectivity index (χ4v) is 2.64. The third-order valence-electron chi connectivity index (χ3n) is 2.03. The van der Waals surface area contributed by atoms with Crippen LogP contribution in [-0.2, 0) is 0 Å². The molecule has 0 radical (unpaired) electrons.